The third-order valence-corrected chi connectivity index (χ3v) is 4.61. The molecular formula is C24H26N2O3. The van der Waals surface area contributed by atoms with E-state index in [4.69, 9.17) is 9.47 Å². The third kappa shape index (κ3) is 5.75. The fourth-order valence-electron chi connectivity index (χ4n) is 3.10. The maximum absolute atomic E-state index is 12.7. The minimum absolute atomic E-state index is 0.0421. The van der Waals surface area contributed by atoms with Crippen molar-refractivity contribution in [2.24, 2.45) is 0 Å². The Labute approximate surface area is 171 Å². The van der Waals surface area contributed by atoms with Gasteiger partial charge in [0.1, 0.15) is 0 Å². The number of benzene rings is 3. The van der Waals surface area contributed by atoms with Gasteiger partial charge in [0.15, 0.2) is 11.5 Å². The number of nitrogens with one attached hydrogen (secondary N) is 1. The topological polar surface area (TPSA) is 50.8 Å². The van der Waals surface area contributed by atoms with Crippen LogP contribution in [0.1, 0.15) is 11.1 Å². The number of carbonyl (C=O) groups is 1. The van der Waals surface area contributed by atoms with Gasteiger partial charge in [0.05, 0.1) is 20.8 Å². The first kappa shape index (κ1) is 20.3. The molecule has 150 valence electrons. The highest BCUT2D eigenvalue weighted by atomic mass is 16.5. The maximum atomic E-state index is 12.7. The van der Waals surface area contributed by atoms with Gasteiger partial charge in [-0.05, 0) is 35.4 Å². The summed E-state index contributed by atoms with van der Waals surface area (Å²) in [4.78, 5) is 14.7. The molecule has 0 aliphatic heterocycles. The molecule has 3 aromatic carbocycles. The second-order valence-corrected chi connectivity index (χ2v) is 6.64. The zero-order chi connectivity index (χ0) is 20.5. The van der Waals surface area contributed by atoms with Crippen LogP contribution in [0.3, 0.4) is 0 Å². The summed E-state index contributed by atoms with van der Waals surface area (Å²) in [6.07, 6.45) is 0. The molecule has 0 atom stereocenters. The van der Waals surface area contributed by atoms with E-state index < -0.39 is 0 Å². The van der Waals surface area contributed by atoms with Crippen LogP contribution < -0.4 is 19.7 Å². The molecule has 29 heavy (non-hydrogen) atoms. The van der Waals surface area contributed by atoms with E-state index in [1.165, 1.54) is 0 Å². The van der Waals surface area contributed by atoms with E-state index in [1.807, 2.05) is 66.7 Å². The molecule has 0 saturated heterocycles. The molecule has 0 aromatic heterocycles. The van der Waals surface area contributed by atoms with Crippen molar-refractivity contribution in [3.05, 3.63) is 90.0 Å². The van der Waals surface area contributed by atoms with Crippen molar-refractivity contribution in [2.45, 2.75) is 13.1 Å². The molecule has 0 bridgehead atoms. The van der Waals surface area contributed by atoms with Gasteiger partial charge in [-0.3, -0.25) is 4.79 Å². The summed E-state index contributed by atoms with van der Waals surface area (Å²) in [5.41, 5.74) is 3.12. The number of methoxy groups -OCH3 is 2. The lowest BCUT2D eigenvalue weighted by atomic mass is 10.2. The van der Waals surface area contributed by atoms with E-state index in [0.717, 1.165) is 16.8 Å². The predicted molar refractivity (Wildman–Crippen MR) is 115 cm³/mol. The van der Waals surface area contributed by atoms with Gasteiger partial charge in [0.2, 0.25) is 5.91 Å². The van der Waals surface area contributed by atoms with Gasteiger partial charge in [-0.15, -0.1) is 0 Å². The highest BCUT2D eigenvalue weighted by molar-refractivity contribution is 5.81. The number of carbonyl (C=O) groups excluding carboxylic acids is 1. The average molecular weight is 390 g/mol. The Morgan fingerprint density at radius 3 is 2.14 bits per heavy atom. The highest BCUT2D eigenvalue weighted by Crippen LogP contribution is 2.27. The van der Waals surface area contributed by atoms with Crippen LogP contribution in [0.2, 0.25) is 0 Å². The van der Waals surface area contributed by atoms with Crippen molar-refractivity contribution >= 4 is 11.6 Å². The number of amides is 1. The summed E-state index contributed by atoms with van der Waals surface area (Å²) in [7, 11) is 3.20. The van der Waals surface area contributed by atoms with Crippen LogP contribution in [0.5, 0.6) is 11.5 Å². The molecule has 0 aliphatic rings. The van der Waals surface area contributed by atoms with Crippen molar-refractivity contribution < 1.29 is 14.3 Å². The molecule has 3 rings (SSSR count). The quantitative estimate of drug-likeness (QED) is 0.599. The second-order valence-electron chi connectivity index (χ2n) is 6.64. The van der Waals surface area contributed by atoms with Crippen molar-refractivity contribution in [3.8, 4) is 11.5 Å². The standard InChI is InChI=1S/C24H26N2O3/c1-28-22-14-13-20(15-23(22)29-2)16-25-24(27)18-26(21-11-7-4-8-12-21)17-19-9-5-3-6-10-19/h3-15H,16-18H2,1-2H3,(H,25,27). The smallest absolute Gasteiger partial charge is 0.239 e. The Kier molecular flexibility index (Phi) is 7.11. The van der Waals surface area contributed by atoms with Crippen LogP contribution in [-0.4, -0.2) is 26.7 Å². The molecule has 0 spiro atoms. The zero-order valence-corrected chi connectivity index (χ0v) is 16.8. The summed E-state index contributed by atoms with van der Waals surface area (Å²) in [6, 6.07) is 25.7. The summed E-state index contributed by atoms with van der Waals surface area (Å²) >= 11 is 0. The van der Waals surface area contributed by atoms with Crippen LogP contribution in [0.25, 0.3) is 0 Å². The molecule has 0 saturated carbocycles. The summed E-state index contributed by atoms with van der Waals surface area (Å²) in [6.45, 7) is 1.36. The Hall–Kier alpha value is -3.47. The van der Waals surface area contributed by atoms with Gasteiger partial charge >= 0.3 is 0 Å². The van der Waals surface area contributed by atoms with Crippen LogP contribution >= 0.6 is 0 Å². The largest absolute Gasteiger partial charge is 0.493 e. The number of nitrogens with zero attached hydrogens (tertiary/aromatic N) is 1. The van der Waals surface area contributed by atoms with Gasteiger partial charge in [0, 0.05) is 18.8 Å². The lowest BCUT2D eigenvalue weighted by Gasteiger charge is -2.24. The molecule has 5 heteroatoms. The normalized spacial score (nSPS) is 10.3. The van der Waals surface area contributed by atoms with Crippen LogP contribution in [-0.2, 0) is 17.9 Å². The highest BCUT2D eigenvalue weighted by Gasteiger charge is 2.13. The Bertz CT molecular complexity index is 914. The third-order valence-electron chi connectivity index (χ3n) is 4.61. The first-order chi connectivity index (χ1) is 14.2. The number of hydrogen-bond acceptors (Lipinski definition) is 4. The summed E-state index contributed by atoms with van der Waals surface area (Å²) in [5.74, 6) is 1.27. The molecule has 5 nitrogen and oxygen atoms in total. The van der Waals surface area contributed by atoms with E-state index in [0.29, 0.717) is 24.6 Å². The molecule has 0 aliphatic carbocycles. The second kappa shape index (κ2) is 10.2. The Balaban J connectivity index is 1.65. The van der Waals surface area contributed by atoms with E-state index in [1.54, 1.807) is 14.2 Å². The predicted octanol–water partition coefficient (Wildman–Crippen LogP) is 4.03. The summed E-state index contributed by atoms with van der Waals surface area (Å²) < 4.78 is 10.6. The zero-order valence-electron chi connectivity index (χ0n) is 16.8. The number of para-hydroxylation sites is 1. The van der Waals surface area contributed by atoms with Gasteiger partial charge in [-0.2, -0.15) is 0 Å². The van der Waals surface area contributed by atoms with Gasteiger partial charge < -0.3 is 19.7 Å². The van der Waals surface area contributed by atoms with E-state index in [-0.39, 0.29) is 12.5 Å². The van der Waals surface area contributed by atoms with E-state index in [9.17, 15) is 4.79 Å². The van der Waals surface area contributed by atoms with Crippen molar-refractivity contribution in [2.75, 3.05) is 25.7 Å². The summed E-state index contributed by atoms with van der Waals surface area (Å²) in [5, 5.41) is 3.00. The minimum atomic E-state index is -0.0421. The van der Waals surface area contributed by atoms with Gasteiger partial charge in [0.25, 0.3) is 0 Å². The van der Waals surface area contributed by atoms with E-state index in [2.05, 4.69) is 22.3 Å². The molecule has 3 aromatic rings. The molecule has 0 unspecified atom stereocenters. The van der Waals surface area contributed by atoms with Crippen molar-refractivity contribution in [3.63, 3.8) is 0 Å². The number of rotatable bonds is 9. The van der Waals surface area contributed by atoms with Crippen LogP contribution in [0.4, 0.5) is 5.69 Å². The van der Waals surface area contributed by atoms with Gasteiger partial charge in [-0.25, -0.2) is 0 Å². The van der Waals surface area contributed by atoms with Gasteiger partial charge in [-0.1, -0.05) is 54.6 Å². The van der Waals surface area contributed by atoms with Crippen LogP contribution in [0.15, 0.2) is 78.9 Å². The minimum Gasteiger partial charge on any atom is -0.493 e. The fourth-order valence-corrected chi connectivity index (χ4v) is 3.10. The molecule has 1 amide bonds. The van der Waals surface area contributed by atoms with Crippen LogP contribution in [0, 0.1) is 0 Å². The molecule has 0 radical (unpaired) electrons. The first-order valence-electron chi connectivity index (χ1n) is 9.51. The first-order valence-corrected chi connectivity index (χ1v) is 9.51. The lowest BCUT2D eigenvalue weighted by molar-refractivity contribution is -0.119. The van der Waals surface area contributed by atoms with E-state index >= 15 is 0 Å². The molecule has 0 fully saturated rings. The Morgan fingerprint density at radius 2 is 1.48 bits per heavy atom. The average Bonchev–Trinajstić information content (AvgIpc) is 2.78. The maximum Gasteiger partial charge on any atom is 0.239 e. The molecule has 1 N–H and O–H groups in total. The number of ether oxygens (including phenoxy) is 2. The molecular weight excluding hydrogens is 364 g/mol. The molecule has 0 heterocycles. The number of anilines is 1. The van der Waals surface area contributed by atoms with Crippen molar-refractivity contribution in [1.29, 1.82) is 0 Å². The van der Waals surface area contributed by atoms with Crippen molar-refractivity contribution in [1.82, 2.24) is 5.32 Å². The SMILES string of the molecule is COc1ccc(CNC(=O)CN(Cc2ccccc2)c2ccccc2)cc1OC. The Morgan fingerprint density at radius 1 is 0.828 bits per heavy atom. The fraction of sp³-hybridized carbons (Fsp3) is 0.208. The number of hydrogen-bond donors (Lipinski definition) is 1. The lowest BCUT2D eigenvalue weighted by Crippen LogP contribution is -2.36. The monoisotopic (exact) mass is 390 g/mol.